The Balaban J connectivity index is 1.89. The first kappa shape index (κ1) is 23.5. The van der Waals surface area contributed by atoms with Crippen LogP contribution in [0.4, 0.5) is 4.79 Å². The Morgan fingerprint density at radius 2 is 1.96 bits per heavy atom. The Labute approximate surface area is 178 Å². The second kappa shape index (κ2) is 10.3. The van der Waals surface area contributed by atoms with Crippen molar-refractivity contribution in [1.82, 2.24) is 4.90 Å². The second-order valence-electron chi connectivity index (χ2n) is 8.53. The lowest BCUT2D eigenvalue weighted by atomic mass is 9.87. The molecular formula is C21H35NO4S2. The summed E-state index contributed by atoms with van der Waals surface area (Å²) < 4.78 is 10.6. The molecule has 2 heterocycles. The molecule has 0 bridgehead atoms. The summed E-state index contributed by atoms with van der Waals surface area (Å²) in [4.78, 5) is 26.2. The van der Waals surface area contributed by atoms with E-state index in [0.29, 0.717) is 32.0 Å². The Morgan fingerprint density at radius 3 is 2.54 bits per heavy atom. The van der Waals surface area contributed by atoms with Crippen LogP contribution in [-0.4, -0.2) is 57.8 Å². The number of ether oxygens (including phenoxy) is 2. The van der Waals surface area contributed by atoms with Gasteiger partial charge in [-0.2, -0.15) is 0 Å². The van der Waals surface area contributed by atoms with Crippen LogP contribution in [0, 0.1) is 5.92 Å². The molecule has 0 radical (unpaired) electrons. The van der Waals surface area contributed by atoms with Crippen molar-refractivity contribution in [1.29, 1.82) is 0 Å². The van der Waals surface area contributed by atoms with Crippen LogP contribution < -0.4 is 0 Å². The fourth-order valence-electron chi connectivity index (χ4n) is 3.58. The van der Waals surface area contributed by atoms with Gasteiger partial charge in [0.25, 0.3) is 0 Å². The number of esters is 1. The number of rotatable bonds is 6. The Hall–Kier alpha value is -0.820. The number of thioether (sulfide) groups is 2. The number of likely N-dealkylation sites (tertiary alicyclic amines) is 1. The summed E-state index contributed by atoms with van der Waals surface area (Å²) >= 11 is 3.83. The van der Waals surface area contributed by atoms with E-state index in [1.54, 1.807) is 4.90 Å². The molecule has 1 amide bonds. The van der Waals surface area contributed by atoms with Gasteiger partial charge < -0.3 is 14.4 Å². The SMILES string of the molecule is C=C1CN(C(=O)OC(C)(C)C)CCC1CCC1(CC(=O)OCC)SCCCS1. The first-order valence-electron chi connectivity index (χ1n) is 10.2. The van der Waals surface area contributed by atoms with E-state index in [1.165, 1.54) is 6.42 Å². The van der Waals surface area contributed by atoms with Crippen LogP contribution in [0.1, 0.15) is 59.8 Å². The number of carbonyl (C=O) groups is 2. The van der Waals surface area contributed by atoms with Gasteiger partial charge in [0.05, 0.1) is 17.1 Å². The van der Waals surface area contributed by atoms with E-state index < -0.39 is 5.60 Å². The third kappa shape index (κ3) is 7.21. The molecule has 0 saturated carbocycles. The standard InChI is InChI=1S/C21H35NO4S2/c1-6-25-18(23)14-21(27-12-7-13-28-21)10-8-17-9-11-22(15-16(17)2)19(24)26-20(3,4)5/h17H,2,6-15H2,1,3-5H3. The molecular weight excluding hydrogens is 394 g/mol. The highest BCUT2D eigenvalue weighted by atomic mass is 32.2. The minimum absolute atomic E-state index is 0.0763. The average Bonchev–Trinajstić information content (AvgIpc) is 2.60. The zero-order valence-electron chi connectivity index (χ0n) is 17.8. The van der Waals surface area contributed by atoms with Crippen molar-refractivity contribution in [2.75, 3.05) is 31.2 Å². The third-order valence-corrected chi connectivity index (χ3v) is 8.42. The van der Waals surface area contributed by atoms with Gasteiger partial charge in [0.2, 0.25) is 0 Å². The number of carbonyl (C=O) groups excluding carboxylic acids is 2. The van der Waals surface area contributed by atoms with Gasteiger partial charge in [-0.05, 0) is 70.8 Å². The number of hydrogen-bond acceptors (Lipinski definition) is 6. The molecule has 2 aliphatic heterocycles. The molecule has 28 heavy (non-hydrogen) atoms. The minimum Gasteiger partial charge on any atom is -0.466 e. The molecule has 0 aliphatic carbocycles. The van der Waals surface area contributed by atoms with Crippen LogP contribution in [0.5, 0.6) is 0 Å². The quantitative estimate of drug-likeness (QED) is 0.432. The molecule has 160 valence electrons. The molecule has 7 heteroatoms. The predicted octanol–water partition coefficient (Wildman–Crippen LogP) is 5.10. The van der Waals surface area contributed by atoms with Crippen LogP contribution in [0.2, 0.25) is 0 Å². The zero-order chi connectivity index (χ0) is 20.8. The van der Waals surface area contributed by atoms with Crippen LogP contribution in [0.25, 0.3) is 0 Å². The first-order valence-corrected chi connectivity index (χ1v) is 12.2. The van der Waals surface area contributed by atoms with Gasteiger partial charge >= 0.3 is 12.1 Å². The van der Waals surface area contributed by atoms with Gasteiger partial charge in [-0.25, -0.2) is 4.79 Å². The van der Waals surface area contributed by atoms with Crippen molar-refractivity contribution >= 4 is 35.6 Å². The summed E-state index contributed by atoms with van der Waals surface area (Å²) in [6.45, 7) is 13.4. The van der Waals surface area contributed by atoms with E-state index in [0.717, 1.165) is 36.3 Å². The fraction of sp³-hybridized carbons (Fsp3) is 0.810. The smallest absolute Gasteiger partial charge is 0.410 e. The van der Waals surface area contributed by atoms with Crippen molar-refractivity contribution in [2.45, 2.75) is 69.5 Å². The van der Waals surface area contributed by atoms with E-state index in [-0.39, 0.29) is 16.1 Å². The Kier molecular flexibility index (Phi) is 8.61. The molecule has 2 fully saturated rings. The van der Waals surface area contributed by atoms with Gasteiger partial charge in [-0.3, -0.25) is 4.79 Å². The highest BCUT2D eigenvalue weighted by molar-refractivity contribution is 8.18. The van der Waals surface area contributed by atoms with Crippen LogP contribution >= 0.6 is 23.5 Å². The molecule has 0 aromatic rings. The van der Waals surface area contributed by atoms with Crippen LogP contribution in [-0.2, 0) is 14.3 Å². The maximum Gasteiger partial charge on any atom is 0.410 e. The summed E-state index contributed by atoms with van der Waals surface area (Å²) in [6, 6.07) is 0. The van der Waals surface area contributed by atoms with Crippen LogP contribution in [0.15, 0.2) is 12.2 Å². The molecule has 2 saturated heterocycles. The topological polar surface area (TPSA) is 55.8 Å². The van der Waals surface area contributed by atoms with Gasteiger partial charge in [0, 0.05) is 13.1 Å². The van der Waals surface area contributed by atoms with Crippen molar-refractivity contribution in [3.8, 4) is 0 Å². The highest BCUT2D eigenvalue weighted by Crippen LogP contribution is 2.49. The van der Waals surface area contributed by atoms with Gasteiger partial charge in [-0.1, -0.05) is 12.2 Å². The first-order chi connectivity index (χ1) is 13.1. The lowest BCUT2D eigenvalue weighted by Gasteiger charge is -2.39. The molecule has 5 nitrogen and oxygen atoms in total. The molecule has 0 aromatic heterocycles. The summed E-state index contributed by atoms with van der Waals surface area (Å²) in [5, 5.41) is 0. The van der Waals surface area contributed by atoms with Crippen molar-refractivity contribution in [3.05, 3.63) is 12.2 Å². The molecule has 2 rings (SSSR count). The van der Waals surface area contributed by atoms with Crippen molar-refractivity contribution < 1.29 is 19.1 Å². The van der Waals surface area contributed by atoms with E-state index in [2.05, 4.69) is 6.58 Å². The number of hydrogen-bond donors (Lipinski definition) is 0. The van der Waals surface area contributed by atoms with Crippen molar-refractivity contribution in [2.24, 2.45) is 5.92 Å². The number of piperidine rings is 1. The van der Waals surface area contributed by atoms with Crippen molar-refractivity contribution in [3.63, 3.8) is 0 Å². The van der Waals surface area contributed by atoms with E-state index in [1.807, 2.05) is 51.2 Å². The van der Waals surface area contributed by atoms with Gasteiger partial charge in [0.15, 0.2) is 0 Å². The zero-order valence-corrected chi connectivity index (χ0v) is 19.4. The molecule has 1 unspecified atom stereocenters. The maximum absolute atomic E-state index is 12.3. The molecule has 0 aromatic carbocycles. The molecule has 0 N–H and O–H groups in total. The molecule has 2 aliphatic rings. The largest absolute Gasteiger partial charge is 0.466 e. The van der Waals surface area contributed by atoms with Crippen LogP contribution in [0.3, 0.4) is 0 Å². The Bertz CT molecular complexity index is 567. The lowest BCUT2D eigenvalue weighted by Crippen LogP contribution is -2.43. The van der Waals surface area contributed by atoms with E-state index >= 15 is 0 Å². The fourth-order valence-corrected chi connectivity index (χ4v) is 6.88. The lowest BCUT2D eigenvalue weighted by molar-refractivity contribution is -0.143. The third-order valence-electron chi connectivity index (χ3n) is 4.98. The second-order valence-corrected chi connectivity index (χ2v) is 11.7. The number of nitrogens with zero attached hydrogens (tertiary/aromatic N) is 1. The number of amides is 1. The van der Waals surface area contributed by atoms with Gasteiger partial charge in [0.1, 0.15) is 5.60 Å². The monoisotopic (exact) mass is 429 g/mol. The summed E-state index contributed by atoms with van der Waals surface area (Å²) in [5.74, 6) is 2.50. The average molecular weight is 430 g/mol. The maximum atomic E-state index is 12.3. The normalized spacial score (nSPS) is 22.6. The van der Waals surface area contributed by atoms with Gasteiger partial charge in [-0.15, -0.1) is 23.5 Å². The predicted molar refractivity (Wildman–Crippen MR) is 118 cm³/mol. The summed E-state index contributed by atoms with van der Waals surface area (Å²) in [5.41, 5.74) is 0.610. The van der Waals surface area contributed by atoms with E-state index in [4.69, 9.17) is 9.47 Å². The molecule has 1 atom stereocenters. The molecule has 0 spiro atoms. The minimum atomic E-state index is -0.482. The Morgan fingerprint density at radius 1 is 1.29 bits per heavy atom. The van der Waals surface area contributed by atoms with E-state index in [9.17, 15) is 9.59 Å². The summed E-state index contributed by atoms with van der Waals surface area (Å²) in [7, 11) is 0. The highest BCUT2D eigenvalue weighted by Gasteiger charge is 2.38. The summed E-state index contributed by atoms with van der Waals surface area (Å²) in [6.07, 6.45) is 4.28.